The first-order valence-corrected chi connectivity index (χ1v) is 6.18. The monoisotopic (exact) mass is 265 g/mol. The number of aromatic nitrogens is 6. The lowest BCUT2D eigenvalue weighted by molar-refractivity contribution is 0.941. The van der Waals surface area contributed by atoms with E-state index in [2.05, 4.69) is 30.4 Å². The minimum absolute atomic E-state index is 0.588. The Morgan fingerprint density at radius 1 is 1.25 bits per heavy atom. The molecular weight excluding hydrogens is 254 g/mol. The van der Waals surface area contributed by atoms with E-state index in [0.29, 0.717) is 5.95 Å². The van der Waals surface area contributed by atoms with Crippen molar-refractivity contribution >= 4 is 22.6 Å². The van der Waals surface area contributed by atoms with E-state index in [1.54, 1.807) is 24.0 Å². The number of aromatic amines is 1. The van der Waals surface area contributed by atoms with Crippen LogP contribution in [0.15, 0.2) is 36.9 Å². The van der Waals surface area contributed by atoms with Crippen molar-refractivity contribution in [2.24, 2.45) is 0 Å². The SMILES string of the molecule is CNc1ncc2c(-c3ccn4nccc4n3)c[nH]c2n1. The molecule has 98 valence electrons. The summed E-state index contributed by atoms with van der Waals surface area (Å²) >= 11 is 0. The fourth-order valence-corrected chi connectivity index (χ4v) is 2.20. The molecule has 0 aliphatic rings. The van der Waals surface area contributed by atoms with E-state index >= 15 is 0 Å². The Labute approximate surface area is 113 Å². The van der Waals surface area contributed by atoms with E-state index in [1.807, 2.05) is 24.5 Å². The van der Waals surface area contributed by atoms with Crippen LogP contribution in [0.1, 0.15) is 0 Å². The summed E-state index contributed by atoms with van der Waals surface area (Å²) < 4.78 is 1.73. The molecule has 0 aliphatic carbocycles. The van der Waals surface area contributed by atoms with Crippen molar-refractivity contribution in [3.05, 3.63) is 36.9 Å². The average molecular weight is 265 g/mol. The van der Waals surface area contributed by atoms with Crippen LogP contribution in [0.4, 0.5) is 5.95 Å². The largest absolute Gasteiger partial charge is 0.357 e. The molecule has 4 rings (SSSR count). The zero-order valence-corrected chi connectivity index (χ0v) is 10.7. The standard InChI is InChI=1S/C13H11N7/c1-14-13-16-7-9-8(6-15-12(9)19-13)10-3-5-20-11(18-10)2-4-17-20/h2-7H,1H3,(H2,14,15,16,19). The second-order valence-corrected chi connectivity index (χ2v) is 4.35. The lowest BCUT2D eigenvalue weighted by Gasteiger charge is -2.00. The van der Waals surface area contributed by atoms with Gasteiger partial charge in [-0.3, -0.25) is 0 Å². The van der Waals surface area contributed by atoms with Gasteiger partial charge in [0.25, 0.3) is 0 Å². The van der Waals surface area contributed by atoms with Crippen molar-refractivity contribution < 1.29 is 0 Å². The maximum Gasteiger partial charge on any atom is 0.224 e. The van der Waals surface area contributed by atoms with Gasteiger partial charge in [0.05, 0.1) is 11.9 Å². The topological polar surface area (TPSA) is 83.8 Å². The average Bonchev–Trinajstić information content (AvgIpc) is 3.11. The molecule has 0 aliphatic heterocycles. The summed E-state index contributed by atoms with van der Waals surface area (Å²) in [5, 5.41) is 8.00. The molecule has 0 spiro atoms. The summed E-state index contributed by atoms with van der Waals surface area (Å²) in [7, 11) is 1.79. The first kappa shape index (κ1) is 10.9. The highest BCUT2D eigenvalue weighted by Gasteiger charge is 2.10. The summed E-state index contributed by atoms with van der Waals surface area (Å²) in [6, 6.07) is 3.79. The minimum Gasteiger partial charge on any atom is -0.357 e. The van der Waals surface area contributed by atoms with E-state index in [9.17, 15) is 0 Å². The quantitative estimate of drug-likeness (QED) is 0.576. The van der Waals surface area contributed by atoms with Gasteiger partial charge in [0.15, 0.2) is 5.65 Å². The number of H-pyrrole nitrogens is 1. The number of hydrogen-bond acceptors (Lipinski definition) is 5. The molecule has 20 heavy (non-hydrogen) atoms. The zero-order chi connectivity index (χ0) is 13.5. The maximum atomic E-state index is 4.58. The molecule has 0 amide bonds. The smallest absolute Gasteiger partial charge is 0.224 e. The molecule has 7 heteroatoms. The Balaban J connectivity index is 1.92. The molecule has 0 saturated carbocycles. The van der Waals surface area contributed by atoms with Gasteiger partial charge in [0, 0.05) is 42.7 Å². The molecule has 4 heterocycles. The van der Waals surface area contributed by atoms with Crippen LogP contribution >= 0.6 is 0 Å². The predicted octanol–water partition coefficient (Wildman–Crippen LogP) is 1.71. The molecule has 0 saturated heterocycles. The van der Waals surface area contributed by atoms with E-state index in [1.165, 1.54) is 0 Å². The minimum atomic E-state index is 0.588. The number of rotatable bonds is 2. The summed E-state index contributed by atoms with van der Waals surface area (Å²) in [6.45, 7) is 0. The first-order chi connectivity index (χ1) is 9.85. The van der Waals surface area contributed by atoms with E-state index in [4.69, 9.17) is 0 Å². The van der Waals surface area contributed by atoms with Gasteiger partial charge >= 0.3 is 0 Å². The number of hydrogen-bond donors (Lipinski definition) is 2. The Morgan fingerprint density at radius 3 is 3.10 bits per heavy atom. The van der Waals surface area contributed by atoms with Crippen LogP contribution in [-0.4, -0.2) is 36.6 Å². The van der Waals surface area contributed by atoms with E-state index in [0.717, 1.165) is 27.9 Å². The number of anilines is 1. The van der Waals surface area contributed by atoms with Crippen molar-refractivity contribution in [3.63, 3.8) is 0 Å². The Hall–Kier alpha value is -2.96. The normalized spacial score (nSPS) is 11.2. The van der Waals surface area contributed by atoms with Gasteiger partial charge in [-0.1, -0.05) is 0 Å². The van der Waals surface area contributed by atoms with Crippen LogP contribution in [-0.2, 0) is 0 Å². The molecule has 0 radical (unpaired) electrons. The molecule has 7 nitrogen and oxygen atoms in total. The van der Waals surface area contributed by atoms with Gasteiger partial charge < -0.3 is 10.3 Å². The molecule has 0 aromatic carbocycles. The predicted molar refractivity (Wildman–Crippen MR) is 75.4 cm³/mol. The lowest BCUT2D eigenvalue weighted by atomic mass is 10.2. The van der Waals surface area contributed by atoms with Gasteiger partial charge in [0.2, 0.25) is 5.95 Å². The van der Waals surface area contributed by atoms with E-state index in [-0.39, 0.29) is 0 Å². The van der Waals surface area contributed by atoms with Gasteiger partial charge in [-0.25, -0.2) is 14.5 Å². The van der Waals surface area contributed by atoms with Crippen LogP contribution in [0.5, 0.6) is 0 Å². The van der Waals surface area contributed by atoms with Gasteiger partial charge in [0.1, 0.15) is 5.65 Å². The number of nitrogens with zero attached hydrogens (tertiary/aromatic N) is 5. The highest BCUT2D eigenvalue weighted by Crippen LogP contribution is 2.26. The van der Waals surface area contributed by atoms with Crippen molar-refractivity contribution in [2.75, 3.05) is 12.4 Å². The third kappa shape index (κ3) is 1.53. The molecule has 0 unspecified atom stereocenters. The molecular formula is C13H11N7. The zero-order valence-electron chi connectivity index (χ0n) is 10.7. The molecule has 4 aromatic rings. The van der Waals surface area contributed by atoms with Crippen LogP contribution < -0.4 is 5.32 Å². The molecule has 0 fully saturated rings. The van der Waals surface area contributed by atoms with Crippen molar-refractivity contribution in [3.8, 4) is 11.3 Å². The third-order valence-electron chi connectivity index (χ3n) is 3.19. The Bertz CT molecular complexity index is 905. The third-order valence-corrected chi connectivity index (χ3v) is 3.19. The highest BCUT2D eigenvalue weighted by molar-refractivity contribution is 5.92. The maximum absolute atomic E-state index is 4.58. The van der Waals surface area contributed by atoms with Crippen LogP contribution in [0.3, 0.4) is 0 Å². The Kier molecular flexibility index (Phi) is 2.19. The number of fused-ring (bicyclic) bond motifs is 2. The molecule has 4 aromatic heterocycles. The Morgan fingerprint density at radius 2 is 2.20 bits per heavy atom. The fraction of sp³-hybridized carbons (Fsp3) is 0.0769. The lowest BCUT2D eigenvalue weighted by Crippen LogP contribution is -1.95. The summed E-state index contributed by atoms with van der Waals surface area (Å²) in [5.74, 6) is 0.588. The van der Waals surface area contributed by atoms with Crippen LogP contribution in [0.25, 0.3) is 27.9 Å². The second-order valence-electron chi connectivity index (χ2n) is 4.35. The first-order valence-electron chi connectivity index (χ1n) is 6.18. The molecule has 0 bridgehead atoms. The summed E-state index contributed by atoms with van der Waals surface area (Å²) in [4.78, 5) is 16.3. The van der Waals surface area contributed by atoms with Gasteiger partial charge in [-0.15, -0.1) is 0 Å². The van der Waals surface area contributed by atoms with Crippen molar-refractivity contribution in [2.45, 2.75) is 0 Å². The van der Waals surface area contributed by atoms with Gasteiger partial charge in [-0.2, -0.15) is 10.1 Å². The van der Waals surface area contributed by atoms with Gasteiger partial charge in [-0.05, 0) is 6.07 Å². The van der Waals surface area contributed by atoms with Crippen LogP contribution in [0, 0.1) is 0 Å². The van der Waals surface area contributed by atoms with Crippen molar-refractivity contribution in [1.29, 1.82) is 0 Å². The highest BCUT2D eigenvalue weighted by atomic mass is 15.2. The summed E-state index contributed by atoms with van der Waals surface area (Å²) in [5.41, 5.74) is 3.44. The number of nitrogens with one attached hydrogen (secondary N) is 2. The molecule has 2 N–H and O–H groups in total. The second kappa shape index (κ2) is 4.02. The fourth-order valence-electron chi connectivity index (χ4n) is 2.20. The van der Waals surface area contributed by atoms with Crippen LogP contribution in [0.2, 0.25) is 0 Å². The molecule has 0 atom stereocenters. The van der Waals surface area contributed by atoms with E-state index < -0.39 is 0 Å². The summed E-state index contributed by atoms with van der Waals surface area (Å²) in [6.07, 6.45) is 7.30. The van der Waals surface area contributed by atoms with Crippen molar-refractivity contribution in [1.82, 2.24) is 29.5 Å².